The summed E-state index contributed by atoms with van der Waals surface area (Å²) in [7, 11) is 1.43. The zero-order valence-corrected chi connectivity index (χ0v) is 14.2. The van der Waals surface area contributed by atoms with E-state index in [0.717, 1.165) is 10.1 Å². The number of carbonyl (C=O) groups is 4. The number of hydrogen-bond acceptors (Lipinski definition) is 7. The van der Waals surface area contributed by atoms with Crippen LogP contribution in [0.2, 0.25) is 0 Å². The quantitative estimate of drug-likeness (QED) is 0.291. The first-order valence-electron chi connectivity index (χ1n) is 7.43. The summed E-state index contributed by atoms with van der Waals surface area (Å²) in [5.74, 6) is -1.81. The standard InChI is InChI=1S/C13H25N5O6/c1-4-12(21)17(23-8-14)7-11(20)16-9-24-18(13(22)5-2)6-10(19)15-3/h4-9,14H2,1-3H3,(H,15,19)(H,16,20). The van der Waals surface area contributed by atoms with E-state index in [4.69, 9.17) is 15.4 Å². The van der Waals surface area contributed by atoms with E-state index < -0.39 is 23.6 Å². The van der Waals surface area contributed by atoms with E-state index in [9.17, 15) is 19.2 Å². The number of carbonyl (C=O) groups excluding carboxylic acids is 4. The molecule has 0 unspecified atom stereocenters. The fourth-order valence-electron chi connectivity index (χ4n) is 1.44. The molecule has 0 aromatic carbocycles. The number of amides is 4. The Morgan fingerprint density at radius 2 is 1.42 bits per heavy atom. The largest absolute Gasteiger partial charge is 0.358 e. The molecule has 11 nitrogen and oxygen atoms in total. The lowest BCUT2D eigenvalue weighted by molar-refractivity contribution is -0.195. The highest BCUT2D eigenvalue weighted by Gasteiger charge is 2.18. The van der Waals surface area contributed by atoms with Crippen LogP contribution in [0.15, 0.2) is 0 Å². The third kappa shape index (κ3) is 8.41. The van der Waals surface area contributed by atoms with E-state index in [-0.39, 0.29) is 39.4 Å². The van der Waals surface area contributed by atoms with Gasteiger partial charge < -0.3 is 16.4 Å². The molecule has 0 radical (unpaired) electrons. The molecule has 0 aliphatic heterocycles. The molecule has 0 aliphatic rings. The van der Waals surface area contributed by atoms with Gasteiger partial charge >= 0.3 is 0 Å². The van der Waals surface area contributed by atoms with Crippen molar-refractivity contribution >= 4 is 23.6 Å². The molecule has 24 heavy (non-hydrogen) atoms. The van der Waals surface area contributed by atoms with Gasteiger partial charge in [-0.25, -0.2) is 15.0 Å². The zero-order valence-electron chi connectivity index (χ0n) is 14.2. The molecule has 0 aromatic rings. The average Bonchev–Trinajstić information content (AvgIpc) is 2.58. The lowest BCUT2D eigenvalue weighted by atomic mass is 10.4. The van der Waals surface area contributed by atoms with Gasteiger partial charge in [0, 0.05) is 19.9 Å². The lowest BCUT2D eigenvalue weighted by Gasteiger charge is -2.22. The van der Waals surface area contributed by atoms with Crippen molar-refractivity contribution in [3.63, 3.8) is 0 Å². The minimum absolute atomic E-state index is 0.133. The minimum atomic E-state index is -0.575. The molecule has 138 valence electrons. The zero-order chi connectivity index (χ0) is 18.5. The summed E-state index contributed by atoms with van der Waals surface area (Å²) >= 11 is 0. The SMILES string of the molecule is CCC(=O)N(CC(=O)NC)OCNC(=O)CN(OCN)C(=O)CC. The van der Waals surface area contributed by atoms with Crippen molar-refractivity contribution in [3.05, 3.63) is 0 Å². The molecule has 4 amide bonds. The normalized spacial score (nSPS) is 10.0. The van der Waals surface area contributed by atoms with Gasteiger partial charge in [-0.3, -0.25) is 24.0 Å². The van der Waals surface area contributed by atoms with E-state index in [1.54, 1.807) is 13.8 Å². The first-order chi connectivity index (χ1) is 11.4. The Morgan fingerprint density at radius 3 is 1.88 bits per heavy atom. The summed E-state index contributed by atoms with van der Waals surface area (Å²) in [5, 5.41) is 6.40. The first-order valence-corrected chi connectivity index (χ1v) is 7.43. The van der Waals surface area contributed by atoms with Crippen LogP contribution in [0.5, 0.6) is 0 Å². The fourth-order valence-corrected chi connectivity index (χ4v) is 1.44. The number of nitrogens with zero attached hydrogens (tertiary/aromatic N) is 2. The van der Waals surface area contributed by atoms with Crippen molar-refractivity contribution in [1.82, 2.24) is 20.8 Å². The van der Waals surface area contributed by atoms with Gasteiger partial charge in [-0.1, -0.05) is 13.8 Å². The van der Waals surface area contributed by atoms with Crippen LogP contribution in [0.3, 0.4) is 0 Å². The Bertz CT molecular complexity index is 445. The highest BCUT2D eigenvalue weighted by Crippen LogP contribution is 1.97. The van der Waals surface area contributed by atoms with E-state index in [2.05, 4.69) is 10.6 Å². The molecular formula is C13H25N5O6. The molecule has 0 aliphatic carbocycles. The van der Waals surface area contributed by atoms with Crippen LogP contribution in [0, 0.1) is 0 Å². The van der Waals surface area contributed by atoms with Gasteiger partial charge in [0.15, 0.2) is 0 Å². The van der Waals surface area contributed by atoms with Crippen LogP contribution in [-0.4, -0.2) is 67.4 Å². The van der Waals surface area contributed by atoms with E-state index in [0.29, 0.717) is 0 Å². The van der Waals surface area contributed by atoms with Crippen LogP contribution >= 0.6 is 0 Å². The van der Waals surface area contributed by atoms with Crippen LogP contribution in [0.1, 0.15) is 26.7 Å². The lowest BCUT2D eigenvalue weighted by Crippen LogP contribution is -2.45. The third-order valence-corrected chi connectivity index (χ3v) is 2.73. The molecule has 0 bridgehead atoms. The third-order valence-electron chi connectivity index (χ3n) is 2.73. The topological polar surface area (TPSA) is 143 Å². The Morgan fingerprint density at radius 1 is 0.917 bits per heavy atom. The smallest absolute Gasteiger partial charge is 0.246 e. The Balaban J connectivity index is 4.42. The molecular weight excluding hydrogens is 322 g/mol. The first kappa shape index (κ1) is 21.8. The number of likely N-dealkylation sites (N-methyl/N-ethyl adjacent to an activating group) is 1. The van der Waals surface area contributed by atoms with E-state index in [1.807, 2.05) is 0 Å². The minimum Gasteiger partial charge on any atom is -0.358 e. The van der Waals surface area contributed by atoms with E-state index >= 15 is 0 Å². The summed E-state index contributed by atoms with van der Waals surface area (Å²) in [5.41, 5.74) is 5.19. The Labute approximate surface area is 140 Å². The maximum Gasteiger partial charge on any atom is 0.246 e. The van der Waals surface area contributed by atoms with Gasteiger partial charge in [-0.15, -0.1) is 0 Å². The van der Waals surface area contributed by atoms with Crippen molar-refractivity contribution in [2.75, 3.05) is 33.6 Å². The summed E-state index contributed by atoms with van der Waals surface area (Å²) in [6, 6.07) is 0. The van der Waals surface area contributed by atoms with Crippen LogP contribution in [0.25, 0.3) is 0 Å². The van der Waals surface area contributed by atoms with Crippen molar-refractivity contribution < 1.29 is 28.9 Å². The summed E-state index contributed by atoms with van der Waals surface area (Å²) in [6.45, 7) is 1.96. The summed E-state index contributed by atoms with van der Waals surface area (Å²) < 4.78 is 0. The fraction of sp³-hybridized carbons (Fsp3) is 0.692. The average molecular weight is 347 g/mol. The summed E-state index contributed by atoms with van der Waals surface area (Å²) in [6.07, 6.45) is 0.281. The second-order valence-corrected chi connectivity index (χ2v) is 4.41. The van der Waals surface area contributed by atoms with E-state index in [1.165, 1.54) is 7.05 Å². The molecule has 0 heterocycles. The predicted molar refractivity (Wildman–Crippen MR) is 82.3 cm³/mol. The van der Waals surface area contributed by atoms with Gasteiger partial charge in [0.2, 0.25) is 23.6 Å². The van der Waals surface area contributed by atoms with Crippen molar-refractivity contribution in [3.8, 4) is 0 Å². The van der Waals surface area contributed by atoms with Crippen molar-refractivity contribution in [2.45, 2.75) is 26.7 Å². The summed E-state index contributed by atoms with van der Waals surface area (Å²) in [4.78, 5) is 56.2. The second-order valence-electron chi connectivity index (χ2n) is 4.41. The highest BCUT2D eigenvalue weighted by atomic mass is 16.7. The predicted octanol–water partition coefficient (Wildman–Crippen LogP) is -1.94. The molecule has 4 N–H and O–H groups in total. The monoisotopic (exact) mass is 347 g/mol. The van der Waals surface area contributed by atoms with Crippen LogP contribution in [-0.2, 0) is 28.9 Å². The Hall–Kier alpha value is -2.24. The molecule has 0 aromatic heterocycles. The number of rotatable bonds is 11. The molecule has 0 atom stereocenters. The Kier molecular flexibility index (Phi) is 11.1. The van der Waals surface area contributed by atoms with Gasteiger partial charge in [-0.05, 0) is 0 Å². The van der Waals surface area contributed by atoms with Crippen LogP contribution in [0.4, 0.5) is 0 Å². The van der Waals surface area contributed by atoms with Gasteiger partial charge in [0.1, 0.15) is 26.6 Å². The number of nitrogens with two attached hydrogens (primary N) is 1. The maximum absolute atomic E-state index is 11.8. The van der Waals surface area contributed by atoms with Gasteiger partial charge in [-0.2, -0.15) is 0 Å². The molecule has 11 heteroatoms. The molecule has 0 saturated heterocycles. The van der Waals surface area contributed by atoms with Crippen molar-refractivity contribution in [2.24, 2.45) is 5.73 Å². The molecule has 0 saturated carbocycles. The number of nitrogens with one attached hydrogen (secondary N) is 2. The number of hydroxylamine groups is 4. The number of hydrogen-bond donors (Lipinski definition) is 3. The van der Waals surface area contributed by atoms with Gasteiger partial charge in [0.05, 0.1) is 0 Å². The second kappa shape index (κ2) is 12.2. The maximum atomic E-state index is 11.8. The highest BCUT2D eigenvalue weighted by molar-refractivity contribution is 5.84. The molecule has 0 spiro atoms. The molecule has 0 rings (SSSR count). The van der Waals surface area contributed by atoms with Crippen LogP contribution < -0.4 is 16.4 Å². The molecule has 0 fully saturated rings. The van der Waals surface area contributed by atoms with Gasteiger partial charge in [0.25, 0.3) is 0 Å². The van der Waals surface area contributed by atoms with Crippen molar-refractivity contribution in [1.29, 1.82) is 0 Å².